The lowest BCUT2D eigenvalue weighted by molar-refractivity contribution is -0.119. The molecule has 1 saturated heterocycles. The lowest BCUT2D eigenvalue weighted by atomic mass is 10.2. The molecule has 2 rings (SSSR count). The highest BCUT2D eigenvalue weighted by molar-refractivity contribution is 6.16. The molecule has 76 valence electrons. The Kier molecular flexibility index (Phi) is 2.72. The Morgan fingerprint density at radius 3 is 3.21 bits per heavy atom. The van der Waals surface area contributed by atoms with Gasteiger partial charge in [-0.2, -0.15) is 0 Å². The third kappa shape index (κ3) is 1.90. The van der Waals surface area contributed by atoms with Gasteiger partial charge in [-0.25, -0.2) is 4.98 Å². The van der Waals surface area contributed by atoms with Gasteiger partial charge in [0.2, 0.25) is 5.91 Å². The number of amides is 1. The Hall–Kier alpha value is -1.03. The first kappa shape index (κ1) is 9.52. The zero-order valence-electron chi connectivity index (χ0n) is 7.74. The van der Waals surface area contributed by atoms with E-state index >= 15 is 0 Å². The van der Waals surface area contributed by atoms with Crippen molar-refractivity contribution in [3.8, 4) is 0 Å². The highest BCUT2D eigenvalue weighted by atomic mass is 35.5. The molecule has 1 aromatic rings. The van der Waals surface area contributed by atoms with Gasteiger partial charge in [0.15, 0.2) is 0 Å². The van der Waals surface area contributed by atoms with Gasteiger partial charge in [0.05, 0.1) is 17.9 Å². The van der Waals surface area contributed by atoms with Gasteiger partial charge in [-0.1, -0.05) is 0 Å². The number of halogens is 1. The van der Waals surface area contributed by atoms with Crippen LogP contribution >= 0.6 is 11.6 Å². The second-order valence-electron chi connectivity index (χ2n) is 3.47. The van der Waals surface area contributed by atoms with Crippen molar-refractivity contribution >= 4 is 17.5 Å². The summed E-state index contributed by atoms with van der Waals surface area (Å²) in [5.74, 6) is 0.600. The lowest BCUT2D eigenvalue weighted by Crippen LogP contribution is -2.29. The molecule has 0 bridgehead atoms. The Balaban J connectivity index is 2.00. The molecule has 14 heavy (non-hydrogen) atoms. The van der Waals surface area contributed by atoms with Gasteiger partial charge >= 0.3 is 0 Å². The van der Waals surface area contributed by atoms with Crippen molar-refractivity contribution in [2.45, 2.75) is 31.3 Å². The molecule has 1 unspecified atom stereocenters. The van der Waals surface area contributed by atoms with Crippen LogP contribution in [0.3, 0.4) is 0 Å². The average molecular weight is 214 g/mol. The SMILES string of the molecule is O=C1CCC(Cn2cncc2CCl)N1. The topological polar surface area (TPSA) is 46.9 Å². The fourth-order valence-corrected chi connectivity index (χ4v) is 1.90. The quantitative estimate of drug-likeness (QED) is 0.759. The van der Waals surface area contributed by atoms with Crippen LogP contribution in [0.4, 0.5) is 0 Å². The van der Waals surface area contributed by atoms with Gasteiger partial charge in [-0.3, -0.25) is 4.79 Å². The summed E-state index contributed by atoms with van der Waals surface area (Å²) in [6.45, 7) is 0.772. The highest BCUT2D eigenvalue weighted by Crippen LogP contribution is 2.11. The summed E-state index contributed by atoms with van der Waals surface area (Å²) in [6.07, 6.45) is 5.04. The largest absolute Gasteiger partial charge is 0.352 e. The molecular weight excluding hydrogens is 202 g/mol. The number of alkyl halides is 1. The van der Waals surface area contributed by atoms with Gasteiger partial charge in [-0.05, 0) is 6.42 Å². The first-order valence-corrected chi connectivity index (χ1v) is 5.17. The van der Waals surface area contributed by atoms with Crippen molar-refractivity contribution in [3.05, 3.63) is 18.2 Å². The smallest absolute Gasteiger partial charge is 0.220 e. The number of hydrogen-bond acceptors (Lipinski definition) is 2. The Bertz CT molecular complexity index is 337. The van der Waals surface area contributed by atoms with Crippen molar-refractivity contribution in [2.24, 2.45) is 0 Å². The van der Waals surface area contributed by atoms with E-state index in [-0.39, 0.29) is 11.9 Å². The summed E-state index contributed by atoms with van der Waals surface area (Å²) < 4.78 is 1.99. The number of nitrogens with one attached hydrogen (secondary N) is 1. The summed E-state index contributed by atoms with van der Waals surface area (Å²) in [6, 6.07) is 0.235. The maximum atomic E-state index is 11.0. The predicted octanol–water partition coefficient (Wildman–Crippen LogP) is 0.901. The van der Waals surface area contributed by atoms with E-state index < -0.39 is 0 Å². The van der Waals surface area contributed by atoms with Crippen LogP contribution in [0.25, 0.3) is 0 Å². The Morgan fingerprint density at radius 1 is 1.71 bits per heavy atom. The number of imidazole rings is 1. The molecule has 1 aromatic heterocycles. The standard InChI is InChI=1S/C9H12ClN3O/c10-3-8-4-11-6-13(8)5-7-1-2-9(14)12-7/h4,6-7H,1-3,5H2,(H,12,14). The molecule has 1 atom stereocenters. The third-order valence-electron chi connectivity index (χ3n) is 2.44. The van der Waals surface area contributed by atoms with E-state index in [9.17, 15) is 4.79 Å². The summed E-state index contributed by atoms with van der Waals surface area (Å²) in [5, 5.41) is 2.91. The van der Waals surface area contributed by atoms with Gasteiger partial charge in [-0.15, -0.1) is 11.6 Å². The number of rotatable bonds is 3. The molecule has 0 saturated carbocycles. The van der Waals surface area contributed by atoms with Crippen LogP contribution in [0, 0.1) is 0 Å². The summed E-state index contributed by atoms with van der Waals surface area (Å²) in [7, 11) is 0. The molecule has 1 amide bonds. The number of hydrogen-bond donors (Lipinski definition) is 1. The first-order chi connectivity index (χ1) is 6.79. The van der Waals surface area contributed by atoms with Crippen molar-refractivity contribution in [3.63, 3.8) is 0 Å². The minimum Gasteiger partial charge on any atom is -0.352 e. The number of carbonyl (C=O) groups excluding carboxylic acids is 1. The minimum atomic E-state index is 0.141. The second kappa shape index (κ2) is 4.00. The van der Waals surface area contributed by atoms with Gasteiger partial charge in [0.1, 0.15) is 0 Å². The lowest BCUT2D eigenvalue weighted by Gasteiger charge is -2.12. The normalized spacial score (nSPS) is 21.2. The van der Waals surface area contributed by atoms with Crippen molar-refractivity contribution in [1.29, 1.82) is 0 Å². The minimum absolute atomic E-state index is 0.141. The fraction of sp³-hybridized carbons (Fsp3) is 0.556. The van der Waals surface area contributed by atoms with E-state index in [0.717, 1.165) is 18.7 Å². The van der Waals surface area contributed by atoms with E-state index in [1.165, 1.54) is 0 Å². The van der Waals surface area contributed by atoms with E-state index in [1.807, 2.05) is 4.57 Å². The van der Waals surface area contributed by atoms with Crippen LogP contribution in [0.5, 0.6) is 0 Å². The first-order valence-electron chi connectivity index (χ1n) is 4.64. The number of aromatic nitrogens is 2. The molecular formula is C9H12ClN3O. The summed E-state index contributed by atoms with van der Waals surface area (Å²) >= 11 is 5.74. The van der Waals surface area contributed by atoms with E-state index in [1.54, 1.807) is 12.5 Å². The Labute approximate surface area is 87.3 Å². The van der Waals surface area contributed by atoms with E-state index in [2.05, 4.69) is 10.3 Å². The maximum absolute atomic E-state index is 11.0. The second-order valence-corrected chi connectivity index (χ2v) is 3.74. The Morgan fingerprint density at radius 2 is 2.57 bits per heavy atom. The predicted molar refractivity (Wildman–Crippen MR) is 52.9 cm³/mol. The van der Waals surface area contributed by atoms with Gasteiger partial charge < -0.3 is 9.88 Å². The average Bonchev–Trinajstić information content (AvgIpc) is 2.76. The van der Waals surface area contributed by atoms with Crippen LogP contribution in [-0.4, -0.2) is 21.5 Å². The van der Waals surface area contributed by atoms with Crippen molar-refractivity contribution in [1.82, 2.24) is 14.9 Å². The van der Waals surface area contributed by atoms with Crippen molar-refractivity contribution in [2.75, 3.05) is 0 Å². The van der Waals surface area contributed by atoms with E-state index in [4.69, 9.17) is 11.6 Å². The molecule has 1 aliphatic rings. The molecule has 1 N–H and O–H groups in total. The molecule has 4 nitrogen and oxygen atoms in total. The molecule has 0 aliphatic carbocycles. The summed E-state index contributed by atoms with van der Waals surface area (Å²) in [5.41, 5.74) is 0.993. The van der Waals surface area contributed by atoms with Crippen LogP contribution < -0.4 is 5.32 Å². The number of carbonyl (C=O) groups is 1. The molecule has 0 aromatic carbocycles. The summed E-state index contributed by atoms with van der Waals surface area (Å²) in [4.78, 5) is 15.0. The molecule has 0 spiro atoms. The molecule has 1 aliphatic heterocycles. The zero-order chi connectivity index (χ0) is 9.97. The maximum Gasteiger partial charge on any atom is 0.220 e. The van der Waals surface area contributed by atoms with Gasteiger partial charge in [0.25, 0.3) is 0 Å². The van der Waals surface area contributed by atoms with Crippen LogP contribution in [-0.2, 0) is 17.2 Å². The number of nitrogens with zero attached hydrogens (tertiary/aromatic N) is 2. The highest BCUT2D eigenvalue weighted by Gasteiger charge is 2.21. The molecule has 0 radical (unpaired) electrons. The molecule has 5 heteroatoms. The molecule has 2 heterocycles. The third-order valence-corrected chi connectivity index (χ3v) is 2.71. The fourth-order valence-electron chi connectivity index (χ4n) is 1.68. The van der Waals surface area contributed by atoms with Crippen LogP contribution in [0.2, 0.25) is 0 Å². The van der Waals surface area contributed by atoms with E-state index in [0.29, 0.717) is 12.3 Å². The zero-order valence-corrected chi connectivity index (χ0v) is 8.50. The van der Waals surface area contributed by atoms with Crippen LogP contribution in [0.15, 0.2) is 12.5 Å². The molecule has 1 fully saturated rings. The van der Waals surface area contributed by atoms with Gasteiger partial charge in [0, 0.05) is 25.2 Å². The van der Waals surface area contributed by atoms with Crippen molar-refractivity contribution < 1.29 is 4.79 Å². The monoisotopic (exact) mass is 213 g/mol. The van der Waals surface area contributed by atoms with Crippen LogP contribution in [0.1, 0.15) is 18.5 Å².